The number of anilines is 1. The molecule has 0 atom stereocenters. The fourth-order valence-corrected chi connectivity index (χ4v) is 4.16. The summed E-state index contributed by atoms with van der Waals surface area (Å²) in [4.78, 5) is 12.5. The summed E-state index contributed by atoms with van der Waals surface area (Å²) in [6.45, 7) is 0.226. The number of nitrogens with zero attached hydrogens (tertiary/aromatic N) is 3. The molecule has 0 aliphatic rings. The smallest absolute Gasteiger partial charge is 0.234 e. The lowest BCUT2D eigenvalue weighted by Crippen LogP contribution is -2.15. The molecule has 0 radical (unpaired) electrons. The molecule has 162 valence electrons. The molecule has 4 rings (SSSR count). The van der Waals surface area contributed by atoms with Crippen LogP contribution in [0.1, 0.15) is 5.82 Å². The minimum atomic E-state index is -0.144. The number of aromatic nitrogens is 3. The molecule has 1 aromatic heterocycles. The molecule has 0 fully saturated rings. The van der Waals surface area contributed by atoms with Crippen LogP contribution in [0.3, 0.4) is 0 Å². The van der Waals surface area contributed by atoms with E-state index in [1.165, 1.54) is 11.8 Å². The first-order chi connectivity index (χ1) is 15.6. The predicted octanol–water partition coefficient (Wildman–Crippen LogP) is 5.99. The van der Waals surface area contributed by atoms with E-state index in [0.29, 0.717) is 21.7 Å². The van der Waals surface area contributed by atoms with E-state index < -0.39 is 0 Å². The number of rotatable bonds is 8. The molecule has 32 heavy (non-hydrogen) atoms. The maximum absolute atomic E-state index is 12.5. The molecule has 1 amide bonds. The minimum Gasteiger partial charge on any atom is -0.486 e. The van der Waals surface area contributed by atoms with E-state index in [9.17, 15) is 4.79 Å². The Balaban J connectivity index is 1.51. The number of carbonyl (C=O) groups is 1. The Morgan fingerprint density at radius 3 is 2.47 bits per heavy atom. The third kappa shape index (κ3) is 5.70. The van der Waals surface area contributed by atoms with Gasteiger partial charge in [-0.2, -0.15) is 0 Å². The number of hydrogen-bond acceptors (Lipinski definition) is 5. The van der Waals surface area contributed by atoms with Crippen LogP contribution in [0.4, 0.5) is 5.69 Å². The summed E-state index contributed by atoms with van der Waals surface area (Å²) in [6.07, 6.45) is 0. The summed E-state index contributed by atoms with van der Waals surface area (Å²) in [6, 6.07) is 24.3. The zero-order chi connectivity index (χ0) is 22.3. The van der Waals surface area contributed by atoms with Gasteiger partial charge in [-0.25, -0.2) is 0 Å². The molecular weight excluding hydrogens is 512 g/mol. The normalized spacial score (nSPS) is 10.7. The Morgan fingerprint density at radius 1 is 1.00 bits per heavy atom. The highest BCUT2D eigenvalue weighted by molar-refractivity contribution is 9.10. The van der Waals surface area contributed by atoms with Gasteiger partial charge in [0.2, 0.25) is 5.91 Å². The molecule has 6 nitrogen and oxygen atoms in total. The van der Waals surface area contributed by atoms with Crippen molar-refractivity contribution in [3.05, 3.63) is 94.2 Å². The standard InChI is InChI=1S/C23H18BrClN4O2S/c24-19-8-4-5-9-20(19)26-22(30)15-32-23-28-27-21(14-31-18-6-2-1-3-7-18)29(23)17-12-10-16(25)11-13-17/h1-13H,14-15H2,(H,26,30). The maximum Gasteiger partial charge on any atom is 0.234 e. The number of hydrogen-bond donors (Lipinski definition) is 1. The highest BCUT2D eigenvalue weighted by Gasteiger charge is 2.17. The molecule has 0 saturated carbocycles. The van der Waals surface area contributed by atoms with Crippen LogP contribution in [0.5, 0.6) is 5.75 Å². The van der Waals surface area contributed by atoms with E-state index in [0.717, 1.165) is 15.9 Å². The largest absolute Gasteiger partial charge is 0.486 e. The van der Waals surface area contributed by atoms with E-state index in [1.54, 1.807) is 12.1 Å². The van der Waals surface area contributed by atoms with Crippen LogP contribution < -0.4 is 10.1 Å². The molecule has 0 spiro atoms. The molecule has 0 aliphatic carbocycles. The van der Waals surface area contributed by atoms with E-state index in [2.05, 4.69) is 31.4 Å². The van der Waals surface area contributed by atoms with Gasteiger partial charge in [0, 0.05) is 15.2 Å². The average molecular weight is 530 g/mol. The molecule has 0 saturated heterocycles. The van der Waals surface area contributed by atoms with Crippen LogP contribution in [0.25, 0.3) is 5.69 Å². The van der Waals surface area contributed by atoms with Crippen LogP contribution in [0.15, 0.2) is 88.5 Å². The van der Waals surface area contributed by atoms with Gasteiger partial charge in [0.15, 0.2) is 11.0 Å². The first-order valence-corrected chi connectivity index (χ1v) is 11.8. The molecular formula is C23H18BrClN4O2S. The monoisotopic (exact) mass is 528 g/mol. The van der Waals surface area contributed by atoms with Gasteiger partial charge in [0.25, 0.3) is 0 Å². The van der Waals surface area contributed by atoms with Crippen molar-refractivity contribution in [2.45, 2.75) is 11.8 Å². The first-order valence-electron chi connectivity index (χ1n) is 9.65. The number of carbonyl (C=O) groups excluding carboxylic acids is 1. The Hall–Kier alpha value is -2.81. The molecule has 1 heterocycles. The van der Waals surface area contributed by atoms with Gasteiger partial charge >= 0.3 is 0 Å². The van der Waals surface area contributed by atoms with Crippen molar-refractivity contribution >= 4 is 50.9 Å². The van der Waals surface area contributed by atoms with Gasteiger partial charge in [-0.05, 0) is 64.5 Å². The zero-order valence-corrected chi connectivity index (χ0v) is 19.9. The molecule has 9 heteroatoms. The summed E-state index contributed by atoms with van der Waals surface area (Å²) < 4.78 is 8.56. The van der Waals surface area contributed by atoms with Crippen molar-refractivity contribution in [2.24, 2.45) is 0 Å². The maximum atomic E-state index is 12.5. The van der Waals surface area contributed by atoms with Crippen LogP contribution in [0.2, 0.25) is 5.02 Å². The lowest BCUT2D eigenvalue weighted by molar-refractivity contribution is -0.113. The fourth-order valence-electron chi connectivity index (χ4n) is 2.88. The average Bonchev–Trinajstić information content (AvgIpc) is 3.22. The lowest BCUT2D eigenvalue weighted by Gasteiger charge is -2.11. The fraction of sp³-hybridized carbons (Fsp3) is 0.0870. The van der Waals surface area contributed by atoms with Crippen molar-refractivity contribution in [2.75, 3.05) is 11.1 Å². The number of nitrogens with one attached hydrogen (secondary N) is 1. The molecule has 1 N–H and O–H groups in total. The SMILES string of the molecule is O=C(CSc1nnc(COc2ccccc2)n1-c1ccc(Cl)cc1)Nc1ccccc1Br. The highest BCUT2D eigenvalue weighted by Crippen LogP contribution is 2.25. The number of amides is 1. The Bertz CT molecular complexity index is 1200. The van der Waals surface area contributed by atoms with Gasteiger partial charge in [-0.15, -0.1) is 10.2 Å². The highest BCUT2D eigenvalue weighted by atomic mass is 79.9. The van der Waals surface area contributed by atoms with Crippen molar-refractivity contribution in [3.8, 4) is 11.4 Å². The van der Waals surface area contributed by atoms with Crippen LogP contribution in [0, 0.1) is 0 Å². The number of halogens is 2. The Morgan fingerprint density at radius 2 is 1.72 bits per heavy atom. The number of thioether (sulfide) groups is 1. The van der Waals surface area contributed by atoms with Crippen LogP contribution in [-0.4, -0.2) is 26.4 Å². The number of para-hydroxylation sites is 2. The van der Waals surface area contributed by atoms with Crippen molar-refractivity contribution < 1.29 is 9.53 Å². The Labute approximate surface area is 203 Å². The third-order valence-electron chi connectivity index (χ3n) is 4.38. The van der Waals surface area contributed by atoms with Crippen LogP contribution in [-0.2, 0) is 11.4 Å². The van der Waals surface area contributed by atoms with Crippen LogP contribution >= 0.6 is 39.3 Å². The zero-order valence-electron chi connectivity index (χ0n) is 16.7. The number of ether oxygens (including phenoxy) is 1. The second kappa shape index (κ2) is 10.7. The molecule has 3 aromatic carbocycles. The van der Waals surface area contributed by atoms with E-state index in [4.69, 9.17) is 16.3 Å². The van der Waals surface area contributed by atoms with Gasteiger partial charge in [-0.3, -0.25) is 9.36 Å². The van der Waals surface area contributed by atoms with Crippen molar-refractivity contribution in [1.82, 2.24) is 14.8 Å². The first kappa shape index (κ1) is 22.4. The van der Waals surface area contributed by atoms with Gasteiger partial charge in [-0.1, -0.05) is 53.7 Å². The molecule has 0 unspecified atom stereocenters. The minimum absolute atomic E-state index is 0.144. The van der Waals surface area contributed by atoms with Gasteiger partial charge in [0.05, 0.1) is 11.4 Å². The molecule has 4 aromatic rings. The summed E-state index contributed by atoms with van der Waals surface area (Å²) >= 11 is 10.8. The van der Waals surface area contributed by atoms with Gasteiger partial charge < -0.3 is 10.1 Å². The summed E-state index contributed by atoms with van der Waals surface area (Å²) in [5.41, 5.74) is 1.55. The topological polar surface area (TPSA) is 69.0 Å². The molecule has 0 aliphatic heterocycles. The summed E-state index contributed by atoms with van der Waals surface area (Å²) in [5, 5.41) is 12.7. The lowest BCUT2D eigenvalue weighted by atomic mass is 10.3. The van der Waals surface area contributed by atoms with E-state index in [1.807, 2.05) is 71.3 Å². The third-order valence-corrected chi connectivity index (χ3v) is 6.25. The summed E-state index contributed by atoms with van der Waals surface area (Å²) in [5.74, 6) is 1.38. The Kier molecular flexibility index (Phi) is 7.47. The molecule has 0 bridgehead atoms. The predicted molar refractivity (Wildman–Crippen MR) is 131 cm³/mol. The van der Waals surface area contributed by atoms with Gasteiger partial charge in [0.1, 0.15) is 12.4 Å². The van der Waals surface area contributed by atoms with E-state index >= 15 is 0 Å². The van der Waals surface area contributed by atoms with Crippen molar-refractivity contribution in [3.63, 3.8) is 0 Å². The quantitative estimate of drug-likeness (QED) is 0.284. The summed E-state index contributed by atoms with van der Waals surface area (Å²) in [7, 11) is 0. The van der Waals surface area contributed by atoms with Crippen molar-refractivity contribution in [1.29, 1.82) is 0 Å². The van der Waals surface area contributed by atoms with E-state index in [-0.39, 0.29) is 18.3 Å². The number of benzene rings is 3. The second-order valence-electron chi connectivity index (χ2n) is 6.63. The second-order valence-corrected chi connectivity index (χ2v) is 8.86.